The first-order chi connectivity index (χ1) is 15.1. The molecule has 5 nitrogen and oxygen atoms in total. The first-order valence-electron chi connectivity index (χ1n) is 13.9. The third-order valence-electron chi connectivity index (χ3n) is 7.22. The summed E-state index contributed by atoms with van der Waals surface area (Å²) in [5.74, 6) is 0.647. The highest BCUT2D eigenvalue weighted by Gasteiger charge is 2.39. The van der Waals surface area contributed by atoms with E-state index in [-0.39, 0.29) is 22.2 Å². The van der Waals surface area contributed by atoms with E-state index in [2.05, 4.69) is 78.3 Å². The van der Waals surface area contributed by atoms with Gasteiger partial charge in [-0.1, -0.05) is 26.2 Å². The van der Waals surface area contributed by atoms with Crippen LogP contribution in [-0.2, 0) is 0 Å². The van der Waals surface area contributed by atoms with Crippen molar-refractivity contribution in [2.75, 3.05) is 13.1 Å². The number of nitrogens with two attached hydrogens (primary N) is 2. The van der Waals surface area contributed by atoms with Crippen LogP contribution in [0.4, 0.5) is 0 Å². The van der Waals surface area contributed by atoms with Crippen molar-refractivity contribution in [1.82, 2.24) is 16.0 Å². The minimum absolute atomic E-state index is 0.210. The summed E-state index contributed by atoms with van der Waals surface area (Å²) in [6.07, 6.45) is 12.2. The molecule has 2 fully saturated rings. The van der Waals surface area contributed by atoms with Crippen LogP contribution in [0.15, 0.2) is 0 Å². The van der Waals surface area contributed by atoms with Crippen LogP contribution in [-0.4, -0.2) is 47.3 Å². The summed E-state index contributed by atoms with van der Waals surface area (Å²) in [7, 11) is 0. The monoisotopic (exact) mass is 467 g/mol. The van der Waals surface area contributed by atoms with E-state index in [0.717, 1.165) is 19.4 Å². The highest BCUT2D eigenvalue weighted by Crippen LogP contribution is 2.35. The Morgan fingerprint density at radius 1 is 0.758 bits per heavy atom. The summed E-state index contributed by atoms with van der Waals surface area (Å²) >= 11 is 0. The van der Waals surface area contributed by atoms with Gasteiger partial charge in [0.15, 0.2) is 0 Å². The molecule has 1 unspecified atom stereocenters. The van der Waals surface area contributed by atoms with Gasteiger partial charge in [0, 0.05) is 34.2 Å². The second-order valence-corrected chi connectivity index (χ2v) is 13.7. The summed E-state index contributed by atoms with van der Waals surface area (Å²) in [5.41, 5.74) is 12.9. The maximum absolute atomic E-state index is 6.41. The maximum atomic E-state index is 6.41. The molecule has 1 atom stereocenters. The molecule has 0 aliphatic carbocycles. The predicted molar refractivity (Wildman–Crippen MR) is 147 cm³/mol. The molecule has 2 rings (SSSR count). The number of piperidine rings is 2. The number of hydrogen-bond acceptors (Lipinski definition) is 5. The van der Waals surface area contributed by atoms with Gasteiger partial charge < -0.3 is 27.4 Å². The molecule has 0 aromatic rings. The minimum atomic E-state index is 0.210. The fourth-order valence-corrected chi connectivity index (χ4v) is 6.59. The van der Waals surface area contributed by atoms with Crippen molar-refractivity contribution in [2.45, 2.75) is 161 Å². The smallest absolute Gasteiger partial charge is 0.0144 e. The van der Waals surface area contributed by atoms with Gasteiger partial charge in [0.25, 0.3) is 0 Å². The Morgan fingerprint density at radius 2 is 1.24 bits per heavy atom. The van der Waals surface area contributed by atoms with Gasteiger partial charge in [-0.2, -0.15) is 0 Å². The summed E-state index contributed by atoms with van der Waals surface area (Å²) in [6, 6.07) is 1.03. The van der Waals surface area contributed by atoms with Gasteiger partial charge in [-0.3, -0.25) is 0 Å². The van der Waals surface area contributed by atoms with Gasteiger partial charge in [-0.15, -0.1) is 0 Å². The molecule has 0 aromatic carbocycles. The van der Waals surface area contributed by atoms with E-state index in [0.29, 0.717) is 18.0 Å². The first-order valence-corrected chi connectivity index (χ1v) is 13.9. The Balaban J connectivity index is 0.000000335. The Morgan fingerprint density at radius 3 is 1.70 bits per heavy atom. The average molecular weight is 468 g/mol. The van der Waals surface area contributed by atoms with Crippen LogP contribution < -0.4 is 27.4 Å². The van der Waals surface area contributed by atoms with E-state index in [1.54, 1.807) is 0 Å². The van der Waals surface area contributed by atoms with Crippen molar-refractivity contribution < 1.29 is 0 Å². The molecule has 2 aliphatic rings. The zero-order valence-corrected chi connectivity index (χ0v) is 23.9. The lowest BCUT2D eigenvalue weighted by Gasteiger charge is -2.48. The van der Waals surface area contributed by atoms with Gasteiger partial charge in [-0.05, 0) is 119 Å². The zero-order valence-electron chi connectivity index (χ0n) is 23.9. The standard InChI is InChI=1S/C15H33N3.C13H28N2/c1-14(2)10-12(11-15(3,4)18-14)13(17)8-6-5-7-9-16;1-6-7-8-14-11-9-12(2,3)15-13(4,5)10-11/h12-13,18H,5-11,16-17H2,1-4H3;11,14-15H,6-10H2,1-5H3. The summed E-state index contributed by atoms with van der Waals surface area (Å²) < 4.78 is 0. The second kappa shape index (κ2) is 13.2. The van der Waals surface area contributed by atoms with Crippen molar-refractivity contribution in [3.8, 4) is 0 Å². The summed E-state index contributed by atoms with van der Waals surface area (Å²) in [4.78, 5) is 0. The third-order valence-corrected chi connectivity index (χ3v) is 7.22. The maximum Gasteiger partial charge on any atom is 0.0144 e. The Hall–Kier alpha value is -0.200. The van der Waals surface area contributed by atoms with E-state index < -0.39 is 0 Å². The van der Waals surface area contributed by atoms with Crippen molar-refractivity contribution in [3.63, 3.8) is 0 Å². The van der Waals surface area contributed by atoms with Crippen LogP contribution >= 0.6 is 0 Å². The number of unbranched alkanes of at least 4 members (excludes halogenated alkanes) is 3. The Bertz CT molecular complexity index is 508. The van der Waals surface area contributed by atoms with Gasteiger partial charge in [0.05, 0.1) is 0 Å². The van der Waals surface area contributed by atoms with Crippen LogP contribution in [0, 0.1) is 5.92 Å². The molecule has 0 amide bonds. The number of nitrogens with one attached hydrogen (secondary N) is 3. The van der Waals surface area contributed by atoms with Gasteiger partial charge in [0.2, 0.25) is 0 Å². The SMILES string of the molecule is CC1(C)CC(C(N)CCCCCN)CC(C)(C)N1.CCCCNC1CC(C)(C)NC(C)(C)C1. The van der Waals surface area contributed by atoms with E-state index in [1.807, 2.05) is 0 Å². The van der Waals surface area contributed by atoms with Crippen LogP contribution in [0.1, 0.15) is 127 Å². The molecule has 2 aliphatic heterocycles. The van der Waals surface area contributed by atoms with Crippen LogP contribution in [0.25, 0.3) is 0 Å². The number of hydrogen-bond donors (Lipinski definition) is 5. The highest BCUT2D eigenvalue weighted by atomic mass is 15.1. The van der Waals surface area contributed by atoms with Crippen molar-refractivity contribution in [3.05, 3.63) is 0 Å². The number of rotatable bonds is 10. The largest absolute Gasteiger partial charge is 0.330 e. The zero-order chi connectivity index (χ0) is 25.3. The molecule has 5 heteroatoms. The van der Waals surface area contributed by atoms with Crippen molar-refractivity contribution in [2.24, 2.45) is 17.4 Å². The van der Waals surface area contributed by atoms with Gasteiger partial charge >= 0.3 is 0 Å². The topological polar surface area (TPSA) is 88.1 Å². The van der Waals surface area contributed by atoms with Gasteiger partial charge in [0.1, 0.15) is 0 Å². The lowest BCUT2D eigenvalue weighted by Crippen LogP contribution is -2.61. The molecule has 0 aromatic heterocycles. The van der Waals surface area contributed by atoms with Crippen molar-refractivity contribution >= 4 is 0 Å². The highest BCUT2D eigenvalue weighted by molar-refractivity contribution is 5.00. The molecular formula is C28H61N5. The quantitative estimate of drug-likeness (QED) is 0.289. The lowest BCUT2D eigenvalue weighted by molar-refractivity contribution is 0.110. The molecule has 198 valence electrons. The molecular weight excluding hydrogens is 406 g/mol. The Kier molecular flexibility index (Phi) is 12.3. The summed E-state index contributed by atoms with van der Waals surface area (Å²) in [5, 5.41) is 11.1. The van der Waals surface area contributed by atoms with Crippen LogP contribution in [0.2, 0.25) is 0 Å². The minimum Gasteiger partial charge on any atom is -0.330 e. The molecule has 33 heavy (non-hydrogen) atoms. The molecule has 7 N–H and O–H groups in total. The van der Waals surface area contributed by atoms with E-state index in [9.17, 15) is 0 Å². The second-order valence-electron chi connectivity index (χ2n) is 13.7. The molecule has 2 saturated heterocycles. The Labute approximate surface area is 207 Å². The van der Waals surface area contributed by atoms with E-state index in [1.165, 1.54) is 57.9 Å². The fourth-order valence-electron chi connectivity index (χ4n) is 6.59. The molecule has 0 saturated carbocycles. The predicted octanol–water partition coefficient (Wildman–Crippen LogP) is 5.07. The van der Waals surface area contributed by atoms with E-state index >= 15 is 0 Å². The third kappa shape index (κ3) is 12.9. The summed E-state index contributed by atoms with van der Waals surface area (Å²) in [6.45, 7) is 22.6. The van der Waals surface area contributed by atoms with Gasteiger partial charge in [-0.25, -0.2) is 0 Å². The molecule has 2 heterocycles. The molecule has 0 bridgehead atoms. The van der Waals surface area contributed by atoms with Crippen LogP contribution in [0.5, 0.6) is 0 Å². The molecule has 0 spiro atoms. The normalized spacial score (nSPS) is 25.2. The van der Waals surface area contributed by atoms with Crippen LogP contribution in [0.3, 0.4) is 0 Å². The van der Waals surface area contributed by atoms with E-state index in [4.69, 9.17) is 11.5 Å². The average Bonchev–Trinajstić information content (AvgIpc) is 2.61. The fraction of sp³-hybridized carbons (Fsp3) is 1.00. The molecule has 0 radical (unpaired) electrons. The van der Waals surface area contributed by atoms with Crippen molar-refractivity contribution in [1.29, 1.82) is 0 Å². The first kappa shape index (κ1) is 30.8. The lowest BCUT2D eigenvalue weighted by atomic mass is 9.72.